The Labute approximate surface area is 98.3 Å². The van der Waals surface area contributed by atoms with Crippen LogP contribution in [0.15, 0.2) is 0 Å². The van der Waals surface area contributed by atoms with Gasteiger partial charge < -0.3 is 15.0 Å². The minimum Gasteiger partial charge on any atom is -0.385 e. The molecule has 0 saturated carbocycles. The first-order chi connectivity index (χ1) is 7.49. The number of carbonyl (C=O) groups excluding carboxylic acids is 1. The van der Waals surface area contributed by atoms with Crippen molar-refractivity contribution in [3.63, 3.8) is 0 Å². The predicted octanol–water partition coefficient (Wildman–Crippen LogP) is 1.01. The first-order valence-corrected chi connectivity index (χ1v) is 6.03. The van der Waals surface area contributed by atoms with Gasteiger partial charge in [-0.05, 0) is 40.2 Å². The third-order valence-corrected chi connectivity index (χ3v) is 3.28. The van der Waals surface area contributed by atoms with Gasteiger partial charge in [-0.3, -0.25) is 4.79 Å². The molecular formula is C12H24N2O2. The lowest BCUT2D eigenvalue weighted by Gasteiger charge is -2.37. The molecule has 1 heterocycles. The Morgan fingerprint density at radius 1 is 1.56 bits per heavy atom. The second kappa shape index (κ2) is 5.64. The summed E-state index contributed by atoms with van der Waals surface area (Å²) in [6, 6.07) is -0.0654. The van der Waals surface area contributed by atoms with Crippen LogP contribution in [0.5, 0.6) is 0 Å². The van der Waals surface area contributed by atoms with Crippen LogP contribution in [0.2, 0.25) is 0 Å². The summed E-state index contributed by atoms with van der Waals surface area (Å²) in [6.45, 7) is 8.61. The fourth-order valence-electron chi connectivity index (χ4n) is 2.13. The fraction of sp³-hybridized carbons (Fsp3) is 0.917. The first kappa shape index (κ1) is 13.5. The SMILES string of the molecule is COCCCN1C(=O)C(C)NCCC1(C)C. The van der Waals surface area contributed by atoms with E-state index in [0.717, 1.165) is 25.9 Å². The van der Waals surface area contributed by atoms with E-state index < -0.39 is 0 Å². The van der Waals surface area contributed by atoms with E-state index in [1.807, 2.05) is 11.8 Å². The molecule has 1 aliphatic rings. The number of hydrogen-bond acceptors (Lipinski definition) is 3. The zero-order valence-electron chi connectivity index (χ0n) is 10.9. The Morgan fingerprint density at radius 2 is 2.25 bits per heavy atom. The summed E-state index contributed by atoms with van der Waals surface area (Å²) >= 11 is 0. The van der Waals surface area contributed by atoms with Crippen molar-refractivity contribution < 1.29 is 9.53 Å². The molecule has 4 nitrogen and oxygen atoms in total. The number of hydrogen-bond donors (Lipinski definition) is 1. The number of rotatable bonds is 4. The molecule has 1 saturated heterocycles. The molecule has 0 aromatic carbocycles. The van der Waals surface area contributed by atoms with Crippen molar-refractivity contribution in [2.45, 2.75) is 45.2 Å². The van der Waals surface area contributed by atoms with Gasteiger partial charge in [-0.1, -0.05) is 0 Å². The largest absolute Gasteiger partial charge is 0.385 e. The minimum absolute atomic E-state index is 0.0530. The van der Waals surface area contributed by atoms with Crippen molar-refractivity contribution in [3.05, 3.63) is 0 Å². The monoisotopic (exact) mass is 228 g/mol. The molecule has 0 radical (unpaired) electrons. The van der Waals surface area contributed by atoms with Crippen molar-refractivity contribution in [1.29, 1.82) is 0 Å². The fourth-order valence-corrected chi connectivity index (χ4v) is 2.13. The second-order valence-electron chi connectivity index (χ2n) is 5.07. The summed E-state index contributed by atoms with van der Waals surface area (Å²) in [6.07, 6.45) is 1.90. The second-order valence-corrected chi connectivity index (χ2v) is 5.07. The van der Waals surface area contributed by atoms with Crippen LogP contribution in [0, 0.1) is 0 Å². The third-order valence-electron chi connectivity index (χ3n) is 3.28. The van der Waals surface area contributed by atoms with Crippen LogP contribution in [0.25, 0.3) is 0 Å². The average Bonchev–Trinajstić information content (AvgIpc) is 2.30. The average molecular weight is 228 g/mol. The van der Waals surface area contributed by atoms with Crippen molar-refractivity contribution >= 4 is 5.91 Å². The lowest BCUT2D eigenvalue weighted by atomic mass is 9.98. The summed E-state index contributed by atoms with van der Waals surface area (Å²) in [5, 5.41) is 3.25. The Balaban J connectivity index is 2.67. The van der Waals surface area contributed by atoms with E-state index in [0.29, 0.717) is 6.61 Å². The molecule has 1 rings (SSSR count). The van der Waals surface area contributed by atoms with Gasteiger partial charge in [-0.2, -0.15) is 0 Å². The van der Waals surface area contributed by atoms with Gasteiger partial charge in [0.15, 0.2) is 0 Å². The Kier molecular flexibility index (Phi) is 4.74. The lowest BCUT2D eigenvalue weighted by Crippen LogP contribution is -2.50. The molecule has 0 aromatic rings. The van der Waals surface area contributed by atoms with Gasteiger partial charge >= 0.3 is 0 Å². The summed E-state index contributed by atoms with van der Waals surface area (Å²) in [5.41, 5.74) is -0.0530. The summed E-state index contributed by atoms with van der Waals surface area (Å²) in [5.74, 6) is 0.207. The summed E-state index contributed by atoms with van der Waals surface area (Å²) in [4.78, 5) is 14.2. The third kappa shape index (κ3) is 3.19. The number of carbonyl (C=O) groups is 1. The summed E-state index contributed by atoms with van der Waals surface area (Å²) < 4.78 is 5.04. The van der Waals surface area contributed by atoms with Crippen LogP contribution < -0.4 is 5.32 Å². The molecule has 1 unspecified atom stereocenters. The minimum atomic E-state index is -0.0654. The van der Waals surface area contributed by atoms with E-state index in [-0.39, 0.29) is 17.5 Å². The zero-order valence-corrected chi connectivity index (χ0v) is 10.9. The van der Waals surface area contributed by atoms with E-state index in [1.165, 1.54) is 0 Å². The quantitative estimate of drug-likeness (QED) is 0.730. The van der Waals surface area contributed by atoms with E-state index in [4.69, 9.17) is 4.74 Å². The standard InChI is InChI=1S/C12H24N2O2/c1-10-11(15)14(8-5-9-16-4)12(2,3)6-7-13-10/h10,13H,5-9H2,1-4H3. The van der Waals surface area contributed by atoms with E-state index in [1.54, 1.807) is 7.11 Å². The normalized spacial score (nSPS) is 25.6. The number of nitrogens with zero attached hydrogens (tertiary/aromatic N) is 1. The van der Waals surface area contributed by atoms with Crippen LogP contribution >= 0.6 is 0 Å². The van der Waals surface area contributed by atoms with Crippen LogP contribution in [0.1, 0.15) is 33.6 Å². The Hall–Kier alpha value is -0.610. The molecule has 4 heteroatoms. The van der Waals surface area contributed by atoms with Crippen LogP contribution in [-0.4, -0.2) is 49.2 Å². The smallest absolute Gasteiger partial charge is 0.239 e. The number of amides is 1. The summed E-state index contributed by atoms with van der Waals surface area (Å²) in [7, 11) is 1.69. The molecule has 16 heavy (non-hydrogen) atoms. The topological polar surface area (TPSA) is 41.6 Å². The van der Waals surface area contributed by atoms with Crippen molar-refractivity contribution in [2.75, 3.05) is 26.8 Å². The molecular weight excluding hydrogens is 204 g/mol. The maximum atomic E-state index is 12.2. The maximum Gasteiger partial charge on any atom is 0.239 e. The van der Waals surface area contributed by atoms with Gasteiger partial charge in [-0.15, -0.1) is 0 Å². The highest BCUT2D eigenvalue weighted by atomic mass is 16.5. The molecule has 0 spiro atoms. The highest BCUT2D eigenvalue weighted by Crippen LogP contribution is 2.22. The molecule has 1 atom stereocenters. The molecule has 1 N–H and O–H groups in total. The van der Waals surface area contributed by atoms with Gasteiger partial charge in [-0.25, -0.2) is 0 Å². The number of nitrogens with one attached hydrogen (secondary N) is 1. The molecule has 0 aromatic heterocycles. The molecule has 1 amide bonds. The predicted molar refractivity (Wildman–Crippen MR) is 64.4 cm³/mol. The van der Waals surface area contributed by atoms with Crippen molar-refractivity contribution in [1.82, 2.24) is 10.2 Å². The first-order valence-electron chi connectivity index (χ1n) is 6.03. The van der Waals surface area contributed by atoms with Crippen molar-refractivity contribution in [3.8, 4) is 0 Å². The van der Waals surface area contributed by atoms with Crippen LogP contribution in [-0.2, 0) is 9.53 Å². The highest BCUT2D eigenvalue weighted by Gasteiger charge is 2.35. The van der Waals surface area contributed by atoms with Crippen molar-refractivity contribution in [2.24, 2.45) is 0 Å². The van der Waals surface area contributed by atoms with Gasteiger partial charge in [0, 0.05) is 25.8 Å². The molecule has 0 aliphatic carbocycles. The van der Waals surface area contributed by atoms with E-state index in [9.17, 15) is 4.79 Å². The van der Waals surface area contributed by atoms with Crippen LogP contribution in [0.3, 0.4) is 0 Å². The van der Waals surface area contributed by atoms with Gasteiger partial charge in [0.1, 0.15) is 0 Å². The van der Waals surface area contributed by atoms with Crippen LogP contribution in [0.4, 0.5) is 0 Å². The van der Waals surface area contributed by atoms with Gasteiger partial charge in [0.05, 0.1) is 6.04 Å². The van der Waals surface area contributed by atoms with Gasteiger partial charge in [0.2, 0.25) is 5.91 Å². The van der Waals surface area contributed by atoms with E-state index in [2.05, 4.69) is 19.2 Å². The maximum absolute atomic E-state index is 12.2. The molecule has 1 fully saturated rings. The number of ether oxygens (including phenoxy) is 1. The van der Waals surface area contributed by atoms with E-state index >= 15 is 0 Å². The molecule has 0 bridgehead atoms. The Morgan fingerprint density at radius 3 is 2.88 bits per heavy atom. The highest BCUT2D eigenvalue weighted by molar-refractivity contribution is 5.82. The molecule has 1 aliphatic heterocycles. The van der Waals surface area contributed by atoms with Gasteiger partial charge in [0.25, 0.3) is 0 Å². The lowest BCUT2D eigenvalue weighted by molar-refractivity contribution is -0.137. The number of methoxy groups -OCH3 is 1. The Bertz CT molecular complexity index is 241. The molecule has 94 valence electrons. The zero-order chi connectivity index (χ0) is 12.2.